The number of anilines is 1. The molecule has 0 aliphatic carbocycles. The maximum Gasteiger partial charge on any atom is 0.390 e. The Morgan fingerprint density at radius 3 is 2.65 bits per heavy atom. The Balaban J connectivity index is 2.10. The Kier molecular flexibility index (Phi) is 4.13. The summed E-state index contributed by atoms with van der Waals surface area (Å²) in [7, 11) is 1.64. The van der Waals surface area contributed by atoms with Gasteiger partial charge in [-0.15, -0.1) is 0 Å². The van der Waals surface area contributed by atoms with Crippen molar-refractivity contribution in [2.75, 3.05) is 19.3 Å². The van der Waals surface area contributed by atoms with Crippen molar-refractivity contribution in [1.82, 2.24) is 9.88 Å². The number of nitrogens with zero attached hydrogens (tertiary/aromatic N) is 2. The summed E-state index contributed by atoms with van der Waals surface area (Å²) in [5.41, 5.74) is 7.96. The summed E-state index contributed by atoms with van der Waals surface area (Å²) >= 11 is 0. The molecule has 0 atom stereocenters. The van der Waals surface area contributed by atoms with Crippen molar-refractivity contribution < 1.29 is 13.2 Å². The number of benzene rings is 1. The summed E-state index contributed by atoms with van der Waals surface area (Å²) in [6.45, 7) is 0.281. The first kappa shape index (κ1) is 14.6. The molecule has 6 heteroatoms. The smallest absolute Gasteiger partial charge is 0.390 e. The van der Waals surface area contributed by atoms with E-state index >= 15 is 0 Å². The Morgan fingerprint density at radius 2 is 1.95 bits per heavy atom. The molecule has 0 fully saturated rings. The molecule has 108 valence electrons. The summed E-state index contributed by atoms with van der Waals surface area (Å²) in [6.07, 6.45) is -4.96. The van der Waals surface area contributed by atoms with Crippen molar-refractivity contribution in [3.8, 4) is 0 Å². The summed E-state index contributed by atoms with van der Waals surface area (Å²) in [5.74, 6) is 0. The van der Waals surface area contributed by atoms with Crippen molar-refractivity contribution in [3.63, 3.8) is 0 Å². The maximum atomic E-state index is 12.2. The molecule has 0 saturated carbocycles. The van der Waals surface area contributed by atoms with Crippen LogP contribution in [0.4, 0.5) is 18.9 Å². The van der Waals surface area contributed by atoms with Crippen molar-refractivity contribution in [2.45, 2.75) is 19.1 Å². The van der Waals surface area contributed by atoms with E-state index in [9.17, 15) is 13.2 Å². The monoisotopic (exact) mass is 283 g/mol. The third-order valence-electron chi connectivity index (χ3n) is 3.01. The number of nitrogens with two attached hydrogens (primary N) is 1. The molecule has 0 spiro atoms. The van der Waals surface area contributed by atoms with E-state index in [1.54, 1.807) is 18.0 Å². The second-order valence-electron chi connectivity index (χ2n) is 4.82. The zero-order valence-electron chi connectivity index (χ0n) is 11.1. The molecular weight excluding hydrogens is 267 g/mol. The van der Waals surface area contributed by atoms with Gasteiger partial charge in [-0.3, -0.25) is 4.98 Å². The number of aromatic nitrogens is 1. The number of fused-ring (bicyclic) bond motifs is 1. The number of nitrogen functional groups attached to an aromatic ring is 1. The van der Waals surface area contributed by atoms with Crippen molar-refractivity contribution in [2.24, 2.45) is 0 Å². The summed E-state index contributed by atoms with van der Waals surface area (Å²) in [6, 6.07) is 9.15. The van der Waals surface area contributed by atoms with E-state index in [4.69, 9.17) is 5.73 Å². The van der Waals surface area contributed by atoms with Gasteiger partial charge in [0.1, 0.15) is 0 Å². The number of halogens is 3. The first-order chi connectivity index (χ1) is 9.35. The largest absolute Gasteiger partial charge is 0.398 e. The zero-order valence-corrected chi connectivity index (χ0v) is 11.1. The minimum Gasteiger partial charge on any atom is -0.398 e. The molecule has 0 aliphatic heterocycles. The number of hydrogen-bond acceptors (Lipinski definition) is 3. The fourth-order valence-electron chi connectivity index (χ4n) is 2.01. The van der Waals surface area contributed by atoms with Crippen molar-refractivity contribution in [1.29, 1.82) is 0 Å². The molecule has 0 saturated heterocycles. The van der Waals surface area contributed by atoms with E-state index in [0.717, 1.165) is 10.9 Å². The Hall–Kier alpha value is -1.82. The van der Waals surface area contributed by atoms with Gasteiger partial charge < -0.3 is 10.6 Å². The fourth-order valence-corrected chi connectivity index (χ4v) is 2.01. The van der Waals surface area contributed by atoms with Crippen LogP contribution in [0.1, 0.15) is 12.1 Å². The molecule has 1 heterocycles. The van der Waals surface area contributed by atoms with Crippen molar-refractivity contribution in [3.05, 3.63) is 36.0 Å². The number of pyridine rings is 1. The number of hydrogen-bond donors (Lipinski definition) is 1. The van der Waals surface area contributed by atoms with Crippen LogP contribution in [0.3, 0.4) is 0 Å². The van der Waals surface area contributed by atoms with Crippen LogP contribution in [0.25, 0.3) is 10.9 Å². The van der Waals surface area contributed by atoms with Gasteiger partial charge in [0.15, 0.2) is 0 Å². The van der Waals surface area contributed by atoms with Crippen LogP contribution in [0.5, 0.6) is 0 Å². The van der Waals surface area contributed by atoms with Crippen LogP contribution in [0.15, 0.2) is 30.3 Å². The average Bonchev–Trinajstić information content (AvgIpc) is 2.36. The normalized spacial score (nSPS) is 12.2. The lowest BCUT2D eigenvalue weighted by Gasteiger charge is -2.17. The van der Waals surface area contributed by atoms with Gasteiger partial charge in [0.2, 0.25) is 0 Å². The lowest BCUT2D eigenvalue weighted by atomic mass is 10.1. The highest BCUT2D eigenvalue weighted by atomic mass is 19.4. The van der Waals surface area contributed by atoms with Crippen LogP contribution in [-0.4, -0.2) is 29.7 Å². The molecule has 2 aromatic rings. The van der Waals surface area contributed by atoms with Gasteiger partial charge in [-0.1, -0.05) is 18.2 Å². The predicted octanol–water partition coefficient (Wildman–Crippen LogP) is 3.20. The van der Waals surface area contributed by atoms with Crippen LogP contribution < -0.4 is 5.73 Å². The first-order valence-corrected chi connectivity index (χ1v) is 6.24. The molecule has 1 aromatic carbocycles. The molecule has 20 heavy (non-hydrogen) atoms. The Bertz CT molecular complexity index is 596. The number of para-hydroxylation sites is 1. The van der Waals surface area contributed by atoms with Gasteiger partial charge in [0.05, 0.1) is 17.6 Å². The molecule has 0 bridgehead atoms. The Labute approximate surface area is 115 Å². The summed E-state index contributed by atoms with van der Waals surface area (Å²) < 4.78 is 36.5. The highest BCUT2D eigenvalue weighted by Crippen LogP contribution is 2.22. The molecule has 0 aliphatic rings. The first-order valence-electron chi connectivity index (χ1n) is 6.24. The van der Waals surface area contributed by atoms with Gasteiger partial charge >= 0.3 is 6.18 Å². The van der Waals surface area contributed by atoms with Crippen LogP contribution >= 0.6 is 0 Å². The lowest BCUT2D eigenvalue weighted by Crippen LogP contribution is -2.24. The number of alkyl halides is 3. The summed E-state index contributed by atoms with van der Waals surface area (Å²) in [5, 5.41) is 0.856. The third kappa shape index (κ3) is 3.84. The average molecular weight is 283 g/mol. The minimum absolute atomic E-state index is 0.0576. The second-order valence-corrected chi connectivity index (χ2v) is 4.82. The SMILES string of the molecule is CN(CCC(F)(F)F)Cc1cc(N)c2ccccc2n1. The maximum absolute atomic E-state index is 12.2. The third-order valence-corrected chi connectivity index (χ3v) is 3.01. The minimum atomic E-state index is -4.13. The van der Waals surface area contributed by atoms with Crippen LogP contribution in [-0.2, 0) is 6.54 Å². The Morgan fingerprint density at radius 1 is 1.25 bits per heavy atom. The predicted molar refractivity (Wildman–Crippen MR) is 73.2 cm³/mol. The number of rotatable bonds is 4. The summed E-state index contributed by atoms with van der Waals surface area (Å²) in [4.78, 5) is 6.00. The highest BCUT2D eigenvalue weighted by Gasteiger charge is 2.27. The van der Waals surface area contributed by atoms with Gasteiger partial charge in [-0.05, 0) is 19.2 Å². The quantitative estimate of drug-likeness (QED) is 0.937. The van der Waals surface area contributed by atoms with E-state index in [-0.39, 0.29) is 6.54 Å². The molecule has 0 radical (unpaired) electrons. The fraction of sp³-hybridized carbons (Fsp3) is 0.357. The molecule has 2 rings (SSSR count). The standard InChI is InChI=1S/C14H16F3N3/c1-20(7-6-14(15,16)17)9-10-8-12(18)11-4-2-3-5-13(11)19-10/h2-5,8H,6-7,9H2,1H3,(H2,18,19). The van der Waals surface area contributed by atoms with Gasteiger partial charge in [0, 0.05) is 24.2 Å². The van der Waals surface area contributed by atoms with Gasteiger partial charge in [-0.2, -0.15) is 13.2 Å². The molecule has 0 unspecified atom stereocenters. The van der Waals surface area contributed by atoms with Crippen molar-refractivity contribution >= 4 is 16.6 Å². The van der Waals surface area contributed by atoms with E-state index in [1.807, 2.05) is 24.3 Å². The van der Waals surface area contributed by atoms with E-state index in [2.05, 4.69) is 4.98 Å². The van der Waals surface area contributed by atoms with E-state index in [0.29, 0.717) is 17.9 Å². The molecule has 3 nitrogen and oxygen atoms in total. The van der Waals surface area contributed by atoms with E-state index < -0.39 is 12.6 Å². The van der Waals surface area contributed by atoms with Gasteiger partial charge in [-0.25, -0.2) is 0 Å². The molecule has 1 aromatic heterocycles. The molecular formula is C14H16F3N3. The zero-order chi connectivity index (χ0) is 14.8. The van der Waals surface area contributed by atoms with Crippen LogP contribution in [0, 0.1) is 0 Å². The van der Waals surface area contributed by atoms with Crippen LogP contribution in [0.2, 0.25) is 0 Å². The van der Waals surface area contributed by atoms with E-state index in [1.165, 1.54) is 0 Å². The molecule has 2 N–H and O–H groups in total. The highest BCUT2D eigenvalue weighted by molar-refractivity contribution is 5.90. The van der Waals surface area contributed by atoms with Gasteiger partial charge in [0.25, 0.3) is 0 Å². The second kappa shape index (κ2) is 5.66. The molecule has 0 amide bonds. The lowest BCUT2D eigenvalue weighted by molar-refractivity contribution is -0.137. The topological polar surface area (TPSA) is 42.1 Å².